The number of rotatable bonds is 5. The van der Waals surface area contributed by atoms with Gasteiger partial charge in [0.15, 0.2) is 0 Å². The molecule has 1 N–H and O–H groups in total. The largest absolute Gasteiger partial charge is 0.493 e. The Hall–Kier alpha value is -2.75. The molecule has 1 aliphatic rings. The van der Waals surface area contributed by atoms with E-state index in [1.54, 1.807) is 0 Å². The number of aryl methyl sites for hydroxylation is 1. The molecule has 2 aromatic carbocycles. The van der Waals surface area contributed by atoms with E-state index in [4.69, 9.17) is 4.74 Å². The third kappa shape index (κ3) is 3.25. The van der Waals surface area contributed by atoms with Crippen molar-refractivity contribution in [1.29, 1.82) is 0 Å². The number of nitrogens with zero attached hydrogens (tertiary/aromatic N) is 1. The minimum Gasteiger partial charge on any atom is -0.493 e. The molecule has 25 heavy (non-hydrogen) atoms. The van der Waals surface area contributed by atoms with Crippen LogP contribution in [0.4, 0.5) is 0 Å². The highest BCUT2D eigenvalue weighted by Crippen LogP contribution is 2.26. The van der Waals surface area contributed by atoms with Crippen LogP contribution in [0.1, 0.15) is 16.7 Å². The van der Waals surface area contributed by atoms with Gasteiger partial charge in [0, 0.05) is 37.1 Å². The average Bonchev–Trinajstić information content (AvgIpc) is 3.20. The molecule has 0 atom stereocenters. The first-order chi connectivity index (χ1) is 12.2. The lowest BCUT2D eigenvalue weighted by molar-refractivity contribution is -0.120. The zero-order valence-electron chi connectivity index (χ0n) is 14.4. The molecular weight excluding hydrogens is 312 g/mol. The molecular formula is C21H22N2O2. The molecule has 2 heterocycles. The Bertz CT molecular complexity index is 927. The van der Waals surface area contributed by atoms with Gasteiger partial charge in [0.1, 0.15) is 5.75 Å². The van der Waals surface area contributed by atoms with Crippen LogP contribution in [-0.4, -0.2) is 23.6 Å². The minimum absolute atomic E-state index is 0.0686. The second-order valence-corrected chi connectivity index (χ2v) is 6.60. The molecule has 0 unspecified atom stereocenters. The second-order valence-electron chi connectivity index (χ2n) is 6.60. The lowest BCUT2D eigenvalue weighted by atomic mass is 10.1. The van der Waals surface area contributed by atoms with Crippen molar-refractivity contribution in [2.24, 2.45) is 7.05 Å². The maximum absolute atomic E-state index is 12.2. The number of hydrogen-bond donors (Lipinski definition) is 1. The Balaban J connectivity index is 1.34. The van der Waals surface area contributed by atoms with Gasteiger partial charge in [-0.2, -0.15) is 0 Å². The van der Waals surface area contributed by atoms with Crippen LogP contribution in [-0.2, 0) is 31.1 Å². The Morgan fingerprint density at radius 1 is 1.24 bits per heavy atom. The standard InChI is InChI=1S/C21H22N2O2/c1-23-14-17(18-4-2-3-5-19(18)23)8-10-22-21(24)13-15-6-7-20-16(12-15)9-11-25-20/h2-7,12,14H,8-11,13H2,1H3,(H,22,24). The lowest BCUT2D eigenvalue weighted by Gasteiger charge is -2.06. The molecule has 4 rings (SSSR count). The second kappa shape index (κ2) is 6.63. The summed E-state index contributed by atoms with van der Waals surface area (Å²) in [6.07, 6.45) is 4.34. The molecule has 0 bridgehead atoms. The Morgan fingerprint density at radius 2 is 2.12 bits per heavy atom. The molecule has 0 aliphatic carbocycles. The summed E-state index contributed by atoms with van der Waals surface area (Å²) in [6, 6.07) is 14.4. The smallest absolute Gasteiger partial charge is 0.224 e. The summed E-state index contributed by atoms with van der Waals surface area (Å²) >= 11 is 0. The number of amides is 1. The number of carbonyl (C=O) groups is 1. The molecule has 1 amide bonds. The first-order valence-corrected chi connectivity index (χ1v) is 8.75. The van der Waals surface area contributed by atoms with E-state index < -0.39 is 0 Å². The van der Waals surface area contributed by atoms with Gasteiger partial charge in [-0.3, -0.25) is 4.79 Å². The molecule has 0 saturated carbocycles. The first kappa shape index (κ1) is 15.8. The maximum Gasteiger partial charge on any atom is 0.224 e. The third-order valence-corrected chi connectivity index (χ3v) is 4.81. The number of aromatic nitrogens is 1. The van der Waals surface area contributed by atoms with Gasteiger partial charge in [-0.1, -0.05) is 30.3 Å². The van der Waals surface area contributed by atoms with Gasteiger partial charge in [0.05, 0.1) is 13.0 Å². The van der Waals surface area contributed by atoms with E-state index in [1.807, 2.05) is 12.1 Å². The van der Waals surface area contributed by atoms with Crippen molar-refractivity contribution in [3.8, 4) is 5.75 Å². The van der Waals surface area contributed by atoms with Crippen LogP contribution in [0.15, 0.2) is 48.7 Å². The lowest BCUT2D eigenvalue weighted by Crippen LogP contribution is -2.27. The predicted octanol–water partition coefficient (Wildman–Crippen LogP) is 3.01. The third-order valence-electron chi connectivity index (χ3n) is 4.81. The molecule has 0 fully saturated rings. The quantitative estimate of drug-likeness (QED) is 0.779. The highest BCUT2D eigenvalue weighted by Gasteiger charge is 2.13. The van der Waals surface area contributed by atoms with Crippen LogP contribution in [0.2, 0.25) is 0 Å². The summed E-state index contributed by atoms with van der Waals surface area (Å²) in [4.78, 5) is 12.2. The van der Waals surface area contributed by atoms with Crippen molar-refractivity contribution in [2.75, 3.05) is 13.2 Å². The highest BCUT2D eigenvalue weighted by atomic mass is 16.5. The molecule has 128 valence electrons. The Morgan fingerprint density at radius 3 is 3.04 bits per heavy atom. The maximum atomic E-state index is 12.2. The molecule has 4 heteroatoms. The number of hydrogen-bond acceptors (Lipinski definition) is 2. The topological polar surface area (TPSA) is 43.3 Å². The van der Waals surface area contributed by atoms with Crippen molar-refractivity contribution in [3.63, 3.8) is 0 Å². The molecule has 4 nitrogen and oxygen atoms in total. The van der Waals surface area contributed by atoms with Crippen molar-refractivity contribution < 1.29 is 9.53 Å². The molecule has 1 aromatic heterocycles. The zero-order valence-corrected chi connectivity index (χ0v) is 14.4. The number of fused-ring (bicyclic) bond motifs is 2. The highest BCUT2D eigenvalue weighted by molar-refractivity contribution is 5.84. The number of benzene rings is 2. The van der Waals surface area contributed by atoms with Gasteiger partial charge < -0.3 is 14.6 Å². The molecule has 1 aliphatic heterocycles. The van der Waals surface area contributed by atoms with Crippen LogP contribution < -0.4 is 10.1 Å². The van der Waals surface area contributed by atoms with Crippen LogP contribution in [0, 0.1) is 0 Å². The van der Waals surface area contributed by atoms with Crippen LogP contribution in [0.5, 0.6) is 5.75 Å². The summed E-state index contributed by atoms with van der Waals surface area (Å²) in [7, 11) is 2.06. The summed E-state index contributed by atoms with van der Waals surface area (Å²) in [5.74, 6) is 1.03. The number of para-hydroxylation sites is 1. The average molecular weight is 334 g/mol. The van der Waals surface area contributed by atoms with E-state index >= 15 is 0 Å². The predicted molar refractivity (Wildman–Crippen MR) is 99.0 cm³/mol. The number of carbonyl (C=O) groups excluding carboxylic acids is 1. The normalized spacial score (nSPS) is 12.8. The number of ether oxygens (including phenoxy) is 1. The molecule has 0 spiro atoms. The van der Waals surface area contributed by atoms with E-state index in [0.717, 1.165) is 30.8 Å². The van der Waals surface area contributed by atoms with Gasteiger partial charge in [-0.05, 0) is 35.2 Å². The molecule has 0 radical (unpaired) electrons. The summed E-state index contributed by atoms with van der Waals surface area (Å²) in [6.45, 7) is 1.40. The summed E-state index contributed by atoms with van der Waals surface area (Å²) < 4.78 is 7.64. The molecule has 3 aromatic rings. The van der Waals surface area contributed by atoms with E-state index in [9.17, 15) is 4.79 Å². The SMILES string of the molecule is Cn1cc(CCNC(=O)Cc2ccc3c(c2)CCO3)c2ccccc21. The van der Waals surface area contributed by atoms with Gasteiger partial charge in [0.25, 0.3) is 0 Å². The van der Waals surface area contributed by atoms with Crippen molar-refractivity contribution in [1.82, 2.24) is 9.88 Å². The summed E-state index contributed by atoms with van der Waals surface area (Å²) in [5.41, 5.74) is 4.75. The van der Waals surface area contributed by atoms with Crippen molar-refractivity contribution in [3.05, 3.63) is 65.4 Å². The van der Waals surface area contributed by atoms with Crippen LogP contribution >= 0.6 is 0 Å². The Kier molecular flexibility index (Phi) is 4.18. The van der Waals surface area contributed by atoms with Crippen LogP contribution in [0.3, 0.4) is 0 Å². The van der Waals surface area contributed by atoms with E-state index in [0.29, 0.717) is 13.0 Å². The zero-order chi connectivity index (χ0) is 17.2. The van der Waals surface area contributed by atoms with E-state index in [1.165, 1.54) is 22.0 Å². The molecule has 0 saturated heterocycles. The number of nitrogens with one attached hydrogen (secondary N) is 1. The van der Waals surface area contributed by atoms with Crippen molar-refractivity contribution in [2.45, 2.75) is 19.3 Å². The fourth-order valence-corrected chi connectivity index (χ4v) is 3.56. The summed E-state index contributed by atoms with van der Waals surface area (Å²) in [5, 5.41) is 4.30. The minimum atomic E-state index is 0.0686. The Labute approximate surface area is 147 Å². The fraction of sp³-hybridized carbons (Fsp3) is 0.286. The van der Waals surface area contributed by atoms with Gasteiger partial charge in [-0.15, -0.1) is 0 Å². The first-order valence-electron chi connectivity index (χ1n) is 8.75. The van der Waals surface area contributed by atoms with Crippen LogP contribution in [0.25, 0.3) is 10.9 Å². The van der Waals surface area contributed by atoms with Gasteiger partial charge >= 0.3 is 0 Å². The monoisotopic (exact) mass is 334 g/mol. The van der Waals surface area contributed by atoms with Gasteiger partial charge in [-0.25, -0.2) is 0 Å². The van der Waals surface area contributed by atoms with E-state index in [2.05, 4.69) is 53.5 Å². The fourth-order valence-electron chi connectivity index (χ4n) is 3.56. The van der Waals surface area contributed by atoms with E-state index in [-0.39, 0.29) is 5.91 Å². The van der Waals surface area contributed by atoms with Gasteiger partial charge in [0.2, 0.25) is 5.91 Å². The van der Waals surface area contributed by atoms with Crippen molar-refractivity contribution >= 4 is 16.8 Å².